The molecule has 2 bridgehead atoms. The molecule has 0 radical (unpaired) electrons. The van der Waals surface area contributed by atoms with Crippen LogP contribution in [0.2, 0.25) is 0 Å². The second kappa shape index (κ2) is 8.39. The fourth-order valence-corrected chi connectivity index (χ4v) is 6.54. The Morgan fingerprint density at radius 3 is 2.21 bits per heavy atom. The van der Waals surface area contributed by atoms with Crippen molar-refractivity contribution in [2.45, 2.75) is 43.9 Å². The normalized spacial score (nSPS) is 23.4. The average Bonchev–Trinajstić information content (AvgIpc) is 3.10. The van der Waals surface area contributed by atoms with E-state index < -0.39 is 29.2 Å². The molecule has 1 fully saturated rings. The number of hydrogen-bond donors (Lipinski definition) is 2. The second-order valence-electron chi connectivity index (χ2n) is 10.3. The van der Waals surface area contributed by atoms with Crippen molar-refractivity contribution in [1.82, 2.24) is 4.90 Å². The molecule has 194 valence electrons. The van der Waals surface area contributed by atoms with Gasteiger partial charge < -0.3 is 19.7 Å². The van der Waals surface area contributed by atoms with E-state index in [1.54, 1.807) is 32.4 Å². The topological polar surface area (TPSA) is 126 Å². The minimum absolute atomic E-state index is 0.165. The Morgan fingerprint density at radius 1 is 0.974 bits per heavy atom. The lowest BCUT2D eigenvalue weighted by Gasteiger charge is -2.45. The molecule has 38 heavy (non-hydrogen) atoms. The van der Waals surface area contributed by atoms with Crippen LogP contribution in [0, 0.1) is 4.91 Å². The summed E-state index contributed by atoms with van der Waals surface area (Å²) < 4.78 is 10.8. The summed E-state index contributed by atoms with van der Waals surface area (Å²) in [7, 11) is 3.11. The molecule has 2 N–H and O–H groups in total. The molecule has 2 aliphatic heterocycles. The van der Waals surface area contributed by atoms with E-state index in [1.165, 1.54) is 12.1 Å². The van der Waals surface area contributed by atoms with Crippen molar-refractivity contribution in [2.75, 3.05) is 14.2 Å². The van der Waals surface area contributed by atoms with Crippen LogP contribution in [0.3, 0.4) is 0 Å². The maximum atomic E-state index is 13.5. The molecule has 3 aliphatic rings. The molecular formula is C29H26N2O7. The van der Waals surface area contributed by atoms with Crippen molar-refractivity contribution in [3.8, 4) is 23.0 Å². The van der Waals surface area contributed by atoms with Crippen LogP contribution in [-0.4, -0.2) is 52.5 Å². The first-order valence-corrected chi connectivity index (χ1v) is 12.3. The zero-order valence-electron chi connectivity index (χ0n) is 21.1. The van der Waals surface area contributed by atoms with Gasteiger partial charge in [0.1, 0.15) is 17.5 Å². The van der Waals surface area contributed by atoms with Crippen LogP contribution in [0.1, 0.15) is 67.9 Å². The van der Waals surface area contributed by atoms with Crippen molar-refractivity contribution < 1.29 is 29.3 Å². The quantitative estimate of drug-likeness (QED) is 0.299. The zero-order valence-corrected chi connectivity index (χ0v) is 21.1. The van der Waals surface area contributed by atoms with Crippen LogP contribution < -0.4 is 9.47 Å². The van der Waals surface area contributed by atoms with Crippen LogP contribution in [-0.2, 0) is 13.0 Å². The third-order valence-corrected chi connectivity index (χ3v) is 8.45. The lowest BCUT2D eigenvalue weighted by Crippen LogP contribution is -2.51. The van der Waals surface area contributed by atoms with E-state index in [2.05, 4.69) is 10.1 Å². The Labute approximate surface area is 218 Å². The van der Waals surface area contributed by atoms with Gasteiger partial charge in [0.15, 0.2) is 23.1 Å². The highest BCUT2D eigenvalue weighted by Crippen LogP contribution is 2.58. The lowest BCUT2D eigenvalue weighted by molar-refractivity contribution is 0.0802. The van der Waals surface area contributed by atoms with E-state index in [0.717, 1.165) is 5.56 Å². The SMILES string of the molecule is COc1ccc(CN2C3CC(N=O)C2(C)Cc2c(O)c4c(c(O)c23)C(=O)c2ccccc2C4=O)cc1OC. The first-order valence-electron chi connectivity index (χ1n) is 12.3. The smallest absolute Gasteiger partial charge is 0.198 e. The van der Waals surface area contributed by atoms with Gasteiger partial charge in [-0.15, -0.1) is 0 Å². The van der Waals surface area contributed by atoms with Gasteiger partial charge in [-0.2, -0.15) is 4.91 Å². The lowest BCUT2D eigenvalue weighted by atomic mass is 9.76. The van der Waals surface area contributed by atoms with Crippen molar-refractivity contribution in [3.05, 3.63) is 86.3 Å². The van der Waals surface area contributed by atoms with Crippen molar-refractivity contribution in [2.24, 2.45) is 5.18 Å². The molecular weight excluding hydrogens is 488 g/mol. The predicted octanol–water partition coefficient (Wildman–Crippen LogP) is 4.29. The van der Waals surface area contributed by atoms with Gasteiger partial charge in [0, 0.05) is 40.4 Å². The minimum atomic E-state index is -0.801. The molecule has 0 spiro atoms. The summed E-state index contributed by atoms with van der Waals surface area (Å²) in [6.45, 7) is 2.29. The fourth-order valence-electron chi connectivity index (χ4n) is 6.54. The summed E-state index contributed by atoms with van der Waals surface area (Å²) >= 11 is 0. The molecule has 0 amide bonds. The number of carbonyl (C=O) groups excluding carboxylic acids is 2. The van der Waals surface area contributed by atoms with Crippen LogP contribution >= 0.6 is 0 Å². The number of phenolic OH excluding ortho intramolecular Hbond substituents is 2. The molecule has 9 heteroatoms. The number of ketones is 2. The Bertz CT molecular complexity index is 1550. The van der Waals surface area contributed by atoms with E-state index in [9.17, 15) is 24.7 Å². The molecule has 0 aromatic heterocycles. The minimum Gasteiger partial charge on any atom is -0.507 e. The first-order chi connectivity index (χ1) is 18.2. The summed E-state index contributed by atoms with van der Waals surface area (Å²) in [6, 6.07) is 10.8. The van der Waals surface area contributed by atoms with Gasteiger partial charge in [0.05, 0.1) is 25.3 Å². The molecule has 3 aromatic carbocycles. The number of rotatable bonds is 5. The van der Waals surface area contributed by atoms with Crippen LogP contribution in [0.4, 0.5) is 0 Å². The molecule has 1 aliphatic carbocycles. The van der Waals surface area contributed by atoms with Gasteiger partial charge >= 0.3 is 0 Å². The number of fused-ring (bicyclic) bond motifs is 6. The number of aromatic hydroxyl groups is 2. The number of carbonyl (C=O) groups is 2. The van der Waals surface area contributed by atoms with E-state index in [-0.39, 0.29) is 40.2 Å². The van der Waals surface area contributed by atoms with E-state index in [0.29, 0.717) is 35.6 Å². The summed E-state index contributed by atoms with van der Waals surface area (Å²) in [5.74, 6) is -0.526. The maximum Gasteiger partial charge on any atom is 0.198 e. The van der Waals surface area contributed by atoms with Gasteiger partial charge in [-0.1, -0.05) is 35.5 Å². The molecule has 6 rings (SSSR count). The van der Waals surface area contributed by atoms with Crippen LogP contribution in [0.25, 0.3) is 0 Å². The Hall–Kier alpha value is -4.24. The van der Waals surface area contributed by atoms with Gasteiger partial charge in [-0.25, -0.2) is 0 Å². The van der Waals surface area contributed by atoms with Gasteiger partial charge in [0.2, 0.25) is 0 Å². The van der Waals surface area contributed by atoms with Gasteiger partial charge in [-0.05, 0) is 37.5 Å². The highest BCUT2D eigenvalue weighted by molar-refractivity contribution is 6.30. The molecule has 3 aromatic rings. The van der Waals surface area contributed by atoms with Gasteiger partial charge in [0.25, 0.3) is 0 Å². The van der Waals surface area contributed by atoms with Crippen LogP contribution in [0.5, 0.6) is 23.0 Å². The van der Waals surface area contributed by atoms with Crippen LogP contribution in [0.15, 0.2) is 47.6 Å². The first kappa shape index (κ1) is 24.1. The Kier molecular flexibility index (Phi) is 5.32. The van der Waals surface area contributed by atoms with Crippen molar-refractivity contribution in [3.63, 3.8) is 0 Å². The molecule has 1 saturated heterocycles. The highest BCUT2D eigenvalue weighted by atomic mass is 16.5. The van der Waals surface area contributed by atoms with E-state index in [1.807, 2.05) is 19.1 Å². The maximum absolute atomic E-state index is 13.5. The monoisotopic (exact) mass is 514 g/mol. The highest BCUT2D eigenvalue weighted by Gasteiger charge is 2.57. The number of methoxy groups -OCH3 is 2. The molecule has 3 atom stereocenters. The predicted molar refractivity (Wildman–Crippen MR) is 137 cm³/mol. The number of hydrogen-bond acceptors (Lipinski definition) is 9. The summed E-state index contributed by atoms with van der Waals surface area (Å²) in [5.41, 5.74) is 0.822. The summed E-state index contributed by atoms with van der Waals surface area (Å²) in [6.07, 6.45) is 0.461. The van der Waals surface area contributed by atoms with E-state index >= 15 is 0 Å². The third-order valence-electron chi connectivity index (χ3n) is 8.45. The number of benzene rings is 3. The number of ether oxygens (including phenoxy) is 2. The fraction of sp³-hybridized carbons (Fsp3) is 0.310. The Morgan fingerprint density at radius 2 is 1.61 bits per heavy atom. The zero-order chi connectivity index (χ0) is 26.9. The van der Waals surface area contributed by atoms with E-state index in [4.69, 9.17) is 9.47 Å². The third kappa shape index (κ3) is 3.08. The average molecular weight is 515 g/mol. The van der Waals surface area contributed by atoms with Crippen molar-refractivity contribution in [1.29, 1.82) is 0 Å². The summed E-state index contributed by atoms with van der Waals surface area (Å²) in [5, 5.41) is 26.4. The number of nitroso groups, excluding NO2 is 1. The van der Waals surface area contributed by atoms with Crippen molar-refractivity contribution >= 4 is 11.6 Å². The molecule has 3 unspecified atom stereocenters. The molecule has 2 heterocycles. The number of phenols is 2. The van der Waals surface area contributed by atoms with Gasteiger partial charge in [-0.3, -0.25) is 14.5 Å². The largest absolute Gasteiger partial charge is 0.507 e. The second-order valence-corrected chi connectivity index (χ2v) is 10.3. The molecule has 0 saturated carbocycles. The number of nitrogens with zero attached hydrogens (tertiary/aromatic N) is 2. The summed E-state index contributed by atoms with van der Waals surface area (Å²) in [4.78, 5) is 41.0. The molecule has 9 nitrogen and oxygen atoms in total. The standard InChI is InChI=1S/C29H26N2O7/c1-29-12-17-22(28(35)24-23(27(17)34)25(32)15-6-4-5-7-16(15)26(24)33)18(11-21(29)30-36)31(29)13-14-8-9-19(37-2)20(10-14)38-3/h4-10,18,21,34-35H,11-13H2,1-3H3. The Balaban J connectivity index is 1.51.